The van der Waals surface area contributed by atoms with Gasteiger partial charge >= 0.3 is 34.5 Å². The van der Waals surface area contributed by atoms with Crippen LogP contribution in [0.15, 0.2) is 109 Å². The fourth-order valence-corrected chi connectivity index (χ4v) is 6.19. The van der Waals surface area contributed by atoms with Gasteiger partial charge in [-0.2, -0.15) is 0 Å². The SMILES string of the molecule is C[PH+](C)c1ccccc1Nc1ccccc1[PH+](C)C.NC(c1ccccc1)C(N)c1ccccc1.[Cl][Ru+2][Cl]. The topological polar surface area (TPSA) is 64.1 Å². The van der Waals surface area contributed by atoms with Gasteiger partial charge in [-0.3, -0.25) is 0 Å². The van der Waals surface area contributed by atoms with E-state index in [1.807, 2.05) is 60.7 Å². The number of hydrogen-bond acceptors (Lipinski definition) is 3. The summed E-state index contributed by atoms with van der Waals surface area (Å²) in [5, 5.41) is 6.61. The molecule has 3 nitrogen and oxygen atoms in total. The third-order valence-electron chi connectivity index (χ3n) is 5.96. The zero-order valence-corrected chi connectivity index (χ0v) is 27.6. The second kappa shape index (κ2) is 18.1. The Morgan fingerprint density at radius 3 is 1.16 bits per heavy atom. The van der Waals surface area contributed by atoms with Gasteiger partial charge in [-0.25, -0.2) is 0 Å². The number of nitrogens with one attached hydrogen (secondary N) is 1. The Morgan fingerprint density at radius 1 is 0.553 bits per heavy atom. The molecule has 38 heavy (non-hydrogen) atoms. The van der Waals surface area contributed by atoms with Gasteiger partial charge in [0.1, 0.15) is 10.6 Å². The molecule has 0 radical (unpaired) electrons. The average Bonchev–Trinajstić information content (AvgIpc) is 2.94. The van der Waals surface area contributed by atoms with Crippen molar-refractivity contribution < 1.29 is 15.1 Å². The molecule has 8 heteroatoms. The fraction of sp³-hybridized carbons (Fsp3) is 0.200. The molecule has 0 aliphatic carbocycles. The molecule has 0 aromatic heterocycles. The van der Waals surface area contributed by atoms with Crippen molar-refractivity contribution in [1.82, 2.24) is 0 Å². The number of benzene rings is 4. The van der Waals surface area contributed by atoms with E-state index in [1.54, 1.807) is 0 Å². The maximum absolute atomic E-state index is 6.15. The van der Waals surface area contributed by atoms with E-state index in [0.717, 1.165) is 11.1 Å². The minimum absolute atomic E-state index is 0.163. The molecule has 0 fully saturated rings. The van der Waals surface area contributed by atoms with E-state index in [2.05, 4.69) is 80.5 Å². The maximum atomic E-state index is 6.15. The van der Waals surface area contributed by atoms with Crippen LogP contribution >= 0.6 is 35.2 Å². The van der Waals surface area contributed by atoms with Crippen molar-refractivity contribution in [2.45, 2.75) is 12.1 Å². The Balaban J connectivity index is 0.000000245. The van der Waals surface area contributed by atoms with Gasteiger partial charge in [-0.05, 0) is 35.4 Å². The molecule has 4 rings (SSSR count). The standard InChI is InChI=1S/C16H21NP2.C14H16N2.2ClH.Ru/c1-18(2)15-11-7-5-9-13(15)17-14-10-6-8-12-16(14)19(3)4;15-13(11-7-3-1-4-8-11)14(16)12-9-5-2-6-10-12;;;/h5-12,17H,1-4H3;1-10,13-14H,15-16H2;2*1H;/q;;;;+4. The Labute approximate surface area is 246 Å². The molecule has 4 aromatic carbocycles. The predicted octanol–water partition coefficient (Wildman–Crippen LogP) is 7.39. The molecule has 202 valence electrons. The Hall–Kier alpha value is -1.34. The van der Waals surface area contributed by atoms with Crippen LogP contribution < -0.4 is 27.4 Å². The van der Waals surface area contributed by atoms with Crippen molar-refractivity contribution in [2.24, 2.45) is 11.5 Å². The second-order valence-electron chi connectivity index (χ2n) is 9.14. The van der Waals surface area contributed by atoms with E-state index < -0.39 is 15.8 Å². The van der Waals surface area contributed by atoms with E-state index in [4.69, 9.17) is 30.8 Å². The predicted molar refractivity (Wildman–Crippen MR) is 174 cm³/mol. The summed E-state index contributed by atoms with van der Waals surface area (Å²) in [4.78, 5) is 0. The van der Waals surface area contributed by atoms with E-state index in [1.165, 1.54) is 22.0 Å². The quantitative estimate of drug-likeness (QED) is 0.142. The number of anilines is 2. The van der Waals surface area contributed by atoms with Gasteiger partial charge < -0.3 is 16.8 Å². The van der Waals surface area contributed by atoms with E-state index in [9.17, 15) is 0 Å². The van der Waals surface area contributed by atoms with Gasteiger partial charge in [-0.15, -0.1) is 0 Å². The van der Waals surface area contributed by atoms with E-state index in [0.29, 0.717) is 0 Å². The van der Waals surface area contributed by atoms with Crippen LogP contribution in [0.5, 0.6) is 0 Å². The molecule has 0 aliphatic heterocycles. The summed E-state index contributed by atoms with van der Waals surface area (Å²) in [7, 11) is 8.81. The fourth-order valence-electron chi connectivity index (χ4n) is 3.97. The first-order chi connectivity index (χ1) is 18.3. The molecule has 0 amide bonds. The van der Waals surface area contributed by atoms with Gasteiger partial charge in [0, 0.05) is 27.9 Å². The molecular formula is C30H39Cl2N3P2Ru+4. The Morgan fingerprint density at radius 2 is 0.842 bits per heavy atom. The van der Waals surface area contributed by atoms with Crippen molar-refractivity contribution in [3.63, 3.8) is 0 Å². The van der Waals surface area contributed by atoms with Gasteiger partial charge in [-0.1, -0.05) is 84.9 Å². The van der Waals surface area contributed by atoms with Crippen LogP contribution in [0.4, 0.5) is 11.4 Å². The van der Waals surface area contributed by atoms with Crippen LogP contribution in [0, 0.1) is 0 Å². The molecular weight excluding hydrogens is 636 g/mol. The molecule has 0 saturated carbocycles. The summed E-state index contributed by atoms with van der Waals surface area (Å²) in [5.74, 6) is 0. The Kier molecular flexibility index (Phi) is 15.7. The van der Waals surface area contributed by atoms with Crippen molar-refractivity contribution in [3.8, 4) is 0 Å². The van der Waals surface area contributed by atoms with Crippen molar-refractivity contribution >= 4 is 57.2 Å². The summed E-state index contributed by atoms with van der Waals surface area (Å²) in [5.41, 5.74) is 17.0. The molecule has 0 heterocycles. The molecule has 5 N–H and O–H groups in total. The summed E-state index contributed by atoms with van der Waals surface area (Å²) in [6.45, 7) is 9.36. The summed E-state index contributed by atoms with van der Waals surface area (Å²) >= 11 is -0.346. The molecule has 2 atom stereocenters. The van der Waals surface area contributed by atoms with Gasteiger partial charge in [0.2, 0.25) is 0 Å². The summed E-state index contributed by atoms with van der Waals surface area (Å²) < 4.78 is 0. The van der Waals surface area contributed by atoms with Crippen LogP contribution in [-0.4, -0.2) is 26.7 Å². The summed E-state index contributed by atoms with van der Waals surface area (Å²) in [6, 6.07) is 37.0. The molecule has 0 bridgehead atoms. The first-order valence-corrected chi connectivity index (χ1v) is 21.8. The second-order valence-corrected chi connectivity index (χ2v) is 16.9. The third kappa shape index (κ3) is 10.7. The van der Waals surface area contributed by atoms with Gasteiger partial charge in [0.25, 0.3) is 0 Å². The number of halogens is 2. The zero-order valence-electron chi connectivity index (χ0n) is 22.3. The Bertz CT molecular complexity index is 1110. The van der Waals surface area contributed by atoms with Crippen LogP contribution in [0.2, 0.25) is 0 Å². The molecule has 0 aliphatic rings. The normalized spacial score (nSPS) is 12.1. The molecule has 0 spiro atoms. The first kappa shape index (κ1) is 32.9. The molecule has 4 aromatic rings. The van der Waals surface area contributed by atoms with Gasteiger partial charge in [0.05, 0.1) is 38.0 Å². The average molecular weight is 676 g/mol. The zero-order chi connectivity index (χ0) is 27.9. The molecule has 2 unspecified atom stereocenters. The molecule has 0 saturated heterocycles. The van der Waals surface area contributed by atoms with Crippen LogP contribution in [0.1, 0.15) is 23.2 Å². The number of rotatable bonds is 7. The van der Waals surface area contributed by atoms with Crippen LogP contribution in [0.3, 0.4) is 0 Å². The number of hydrogen-bond donors (Lipinski definition) is 3. The van der Waals surface area contributed by atoms with E-state index >= 15 is 0 Å². The summed E-state index contributed by atoms with van der Waals surface area (Å²) in [6.07, 6.45) is 0. The number of nitrogens with two attached hydrogens (primary N) is 2. The first-order valence-electron chi connectivity index (χ1n) is 12.3. The van der Waals surface area contributed by atoms with Crippen molar-refractivity contribution in [2.75, 3.05) is 32.0 Å². The third-order valence-corrected chi connectivity index (χ3v) is 8.98. The van der Waals surface area contributed by atoms with Crippen molar-refractivity contribution in [3.05, 3.63) is 120 Å². The van der Waals surface area contributed by atoms with Crippen molar-refractivity contribution in [1.29, 1.82) is 0 Å². The minimum atomic E-state index is -0.448. The van der Waals surface area contributed by atoms with Gasteiger partial charge in [0.15, 0.2) is 0 Å². The van der Waals surface area contributed by atoms with E-state index in [-0.39, 0.29) is 27.2 Å². The van der Waals surface area contributed by atoms with Crippen LogP contribution in [-0.2, 0) is 15.1 Å². The number of para-hydroxylation sites is 2. The monoisotopic (exact) mass is 675 g/mol. The van der Waals surface area contributed by atoms with Crippen LogP contribution in [0.25, 0.3) is 0 Å².